The van der Waals surface area contributed by atoms with Gasteiger partial charge in [0, 0.05) is 0 Å². The number of aliphatic carboxylic acids is 1. The van der Waals surface area contributed by atoms with Crippen molar-refractivity contribution in [3.05, 3.63) is 48.0 Å². The first-order valence-corrected chi connectivity index (χ1v) is 7.14. The van der Waals surface area contributed by atoms with E-state index in [0.29, 0.717) is 13.0 Å². The summed E-state index contributed by atoms with van der Waals surface area (Å²) in [5.74, 6) is -0.759. The molecule has 2 rings (SSSR count). The first-order valence-electron chi connectivity index (χ1n) is 7.14. The van der Waals surface area contributed by atoms with Gasteiger partial charge in [-0.2, -0.15) is 0 Å². The molecule has 0 aliphatic heterocycles. The van der Waals surface area contributed by atoms with E-state index >= 15 is 0 Å². The molecule has 0 saturated carbocycles. The average molecular weight is 308 g/mol. The molecule has 0 aromatic heterocycles. The zero-order valence-electron chi connectivity index (χ0n) is 12.2. The van der Waals surface area contributed by atoms with Crippen LogP contribution in [0.2, 0.25) is 0 Å². The van der Waals surface area contributed by atoms with Gasteiger partial charge in [0.2, 0.25) is 0 Å². The van der Waals surface area contributed by atoms with Crippen molar-refractivity contribution < 1.29 is 9.90 Å². The maximum absolute atomic E-state index is 11.0. The van der Waals surface area contributed by atoms with Crippen molar-refractivity contribution in [2.24, 2.45) is 0 Å². The van der Waals surface area contributed by atoms with Gasteiger partial charge in [-0.1, -0.05) is 55.8 Å². The lowest BCUT2D eigenvalue weighted by Crippen LogP contribution is -2.37. The summed E-state index contributed by atoms with van der Waals surface area (Å²) in [6.45, 7) is 2.69. The number of carboxylic acid groups (broad SMARTS) is 1. The summed E-state index contributed by atoms with van der Waals surface area (Å²) in [5, 5.41) is 14.7. The van der Waals surface area contributed by atoms with E-state index in [1.54, 1.807) is 0 Å². The number of rotatable bonds is 7. The number of hydrogen-bond donors (Lipinski definition) is 2. The Morgan fingerprint density at radius 3 is 2.57 bits per heavy atom. The van der Waals surface area contributed by atoms with Gasteiger partial charge in [-0.25, -0.2) is 0 Å². The summed E-state index contributed by atoms with van der Waals surface area (Å²) >= 11 is 0. The topological polar surface area (TPSA) is 49.3 Å². The van der Waals surface area contributed by atoms with E-state index in [-0.39, 0.29) is 12.4 Å². The number of carboxylic acids is 1. The number of hydrogen-bond acceptors (Lipinski definition) is 2. The van der Waals surface area contributed by atoms with E-state index in [1.165, 1.54) is 16.3 Å². The van der Waals surface area contributed by atoms with Crippen LogP contribution in [-0.2, 0) is 11.2 Å². The lowest BCUT2D eigenvalue weighted by atomic mass is 10.0. The molecule has 0 aliphatic rings. The molecule has 0 fully saturated rings. The first kappa shape index (κ1) is 17.5. The lowest BCUT2D eigenvalue weighted by molar-refractivity contribution is -0.139. The minimum atomic E-state index is -0.759. The number of fused-ring (bicyclic) bond motifs is 1. The van der Waals surface area contributed by atoms with E-state index in [2.05, 4.69) is 35.6 Å². The second-order valence-electron chi connectivity index (χ2n) is 5.07. The highest BCUT2D eigenvalue weighted by atomic mass is 35.5. The highest BCUT2D eigenvalue weighted by Gasteiger charge is 2.14. The van der Waals surface area contributed by atoms with E-state index in [4.69, 9.17) is 5.11 Å². The molecular formula is C17H22ClNO2. The largest absolute Gasteiger partial charge is 0.480 e. The van der Waals surface area contributed by atoms with Gasteiger partial charge in [0.1, 0.15) is 6.04 Å². The van der Waals surface area contributed by atoms with Crippen LogP contribution in [0.3, 0.4) is 0 Å². The smallest absolute Gasteiger partial charge is 0.320 e. The van der Waals surface area contributed by atoms with Gasteiger partial charge in [0.05, 0.1) is 0 Å². The minimum absolute atomic E-state index is 0. The first-order chi connectivity index (χ1) is 9.70. The monoisotopic (exact) mass is 307 g/mol. The molecule has 2 aromatic rings. The normalized spacial score (nSPS) is 11.9. The zero-order chi connectivity index (χ0) is 14.4. The molecular weight excluding hydrogens is 286 g/mol. The lowest BCUT2D eigenvalue weighted by Gasteiger charge is -2.13. The molecule has 0 heterocycles. The van der Waals surface area contributed by atoms with Crippen LogP contribution >= 0.6 is 12.4 Å². The molecule has 0 spiro atoms. The molecule has 2 N–H and O–H groups in total. The van der Waals surface area contributed by atoms with E-state index in [0.717, 1.165) is 12.8 Å². The average Bonchev–Trinajstić information content (AvgIpc) is 2.46. The summed E-state index contributed by atoms with van der Waals surface area (Å²) in [6.07, 6.45) is 2.39. The number of carbonyl (C=O) groups is 1. The van der Waals surface area contributed by atoms with Crippen molar-refractivity contribution in [2.75, 3.05) is 6.54 Å². The van der Waals surface area contributed by atoms with Crippen molar-refractivity contribution in [2.45, 2.75) is 32.2 Å². The van der Waals surface area contributed by atoms with Crippen molar-refractivity contribution >= 4 is 29.1 Å². The maximum Gasteiger partial charge on any atom is 0.320 e. The van der Waals surface area contributed by atoms with Gasteiger partial charge in [0.25, 0.3) is 0 Å². The minimum Gasteiger partial charge on any atom is -0.480 e. The van der Waals surface area contributed by atoms with Crippen molar-refractivity contribution in [3.63, 3.8) is 0 Å². The van der Waals surface area contributed by atoms with Crippen LogP contribution in [0.25, 0.3) is 10.8 Å². The van der Waals surface area contributed by atoms with Crippen LogP contribution in [0.15, 0.2) is 42.5 Å². The van der Waals surface area contributed by atoms with Gasteiger partial charge in [-0.05, 0) is 35.7 Å². The molecule has 0 bridgehead atoms. The van der Waals surface area contributed by atoms with Crippen LogP contribution in [0.4, 0.5) is 0 Å². The second-order valence-corrected chi connectivity index (χ2v) is 5.07. The third-order valence-corrected chi connectivity index (χ3v) is 3.49. The van der Waals surface area contributed by atoms with E-state index in [9.17, 15) is 4.79 Å². The number of halogens is 1. The van der Waals surface area contributed by atoms with Gasteiger partial charge >= 0.3 is 5.97 Å². The molecule has 1 unspecified atom stereocenters. The summed E-state index contributed by atoms with van der Waals surface area (Å²) in [5.41, 5.74) is 1.23. The SMILES string of the molecule is CCCC(NCCc1ccc2ccccc2c1)C(=O)O.Cl. The summed E-state index contributed by atoms with van der Waals surface area (Å²) in [6, 6.07) is 14.2. The number of nitrogens with one attached hydrogen (secondary N) is 1. The van der Waals surface area contributed by atoms with Crippen LogP contribution in [-0.4, -0.2) is 23.7 Å². The second kappa shape index (κ2) is 8.65. The molecule has 0 amide bonds. The van der Waals surface area contributed by atoms with E-state index in [1.807, 2.05) is 19.1 Å². The Labute approximate surface area is 131 Å². The fourth-order valence-electron chi connectivity index (χ4n) is 2.39. The van der Waals surface area contributed by atoms with Crippen LogP contribution in [0.1, 0.15) is 25.3 Å². The molecule has 0 aliphatic carbocycles. The fourth-order valence-corrected chi connectivity index (χ4v) is 2.39. The summed E-state index contributed by atoms with van der Waals surface area (Å²) < 4.78 is 0. The van der Waals surface area contributed by atoms with Crippen LogP contribution in [0, 0.1) is 0 Å². The summed E-state index contributed by atoms with van der Waals surface area (Å²) in [4.78, 5) is 11.0. The third-order valence-electron chi connectivity index (χ3n) is 3.49. The summed E-state index contributed by atoms with van der Waals surface area (Å²) in [7, 11) is 0. The molecule has 114 valence electrons. The highest BCUT2D eigenvalue weighted by Crippen LogP contribution is 2.15. The maximum atomic E-state index is 11.0. The molecule has 3 nitrogen and oxygen atoms in total. The molecule has 4 heteroatoms. The van der Waals surface area contributed by atoms with Crippen LogP contribution in [0.5, 0.6) is 0 Å². The molecule has 0 radical (unpaired) electrons. The molecule has 0 saturated heterocycles. The highest BCUT2D eigenvalue weighted by molar-refractivity contribution is 5.85. The predicted molar refractivity (Wildman–Crippen MR) is 89.2 cm³/mol. The zero-order valence-corrected chi connectivity index (χ0v) is 13.0. The Bertz CT molecular complexity index is 586. The van der Waals surface area contributed by atoms with Gasteiger partial charge in [0.15, 0.2) is 0 Å². The Morgan fingerprint density at radius 2 is 1.90 bits per heavy atom. The van der Waals surface area contributed by atoms with Gasteiger partial charge in [-0.15, -0.1) is 12.4 Å². The van der Waals surface area contributed by atoms with Gasteiger partial charge < -0.3 is 10.4 Å². The predicted octanol–water partition coefficient (Wildman–Crippen LogP) is 3.65. The standard InChI is InChI=1S/C17H21NO2.ClH/c1-2-5-16(17(19)20)18-11-10-13-8-9-14-6-3-4-7-15(14)12-13;/h3-4,6-9,12,16,18H,2,5,10-11H2,1H3,(H,19,20);1H. The Kier molecular flexibility index (Phi) is 7.20. The number of benzene rings is 2. The Balaban J connectivity index is 0.00000220. The van der Waals surface area contributed by atoms with Crippen LogP contribution < -0.4 is 5.32 Å². The molecule has 2 aromatic carbocycles. The molecule has 21 heavy (non-hydrogen) atoms. The van der Waals surface area contributed by atoms with E-state index < -0.39 is 12.0 Å². The van der Waals surface area contributed by atoms with Crippen molar-refractivity contribution in [1.29, 1.82) is 0 Å². The Morgan fingerprint density at radius 1 is 1.19 bits per heavy atom. The van der Waals surface area contributed by atoms with Crippen molar-refractivity contribution in [3.8, 4) is 0 Å². The quantitative estimate of drug-likeness (QED) is 0.821. The molecule has 1 atom stereocenters. The van der Waals surface area contributed by atoms with Gasteiger partial charge in [-0.3, -0.25) is 4.79 Å². The Hall–Kier alpha value is -1.58. The van der Waals surface area contributed by atoms with Crippen molar-refractivity contribution in [1.82, 2.24) is 5.32 Å². The fraction of sp³-hybridized carbons (Fsp3) is 0.353. The third kappa shape index (κ3) is 5.03.